The largest absolute Gasteiger partial charge is 0.396 e. The van der Waals surface area contributed by atoms with Crippen molar-refractivity contribution in [3.8, 4) is 0 Å². The molecule has 2 unspecified atom stereocenters. The summed E-state index contributed by atoms with van der Waals surface area (Å²) in [5, 5.41) is 11.9. The molecule has 1 aromatic carbocycles. The van der Waals surface area contributed by atoms with Crippen molar-refractivity contribution in [3.63, 3.8) is 0 Å². The van der Waals surface area contributed by atoms with Crippen LogP contribution in [0.4, 0.5) is 13.6 Å². The van der Waals surface area contributed by atoms with Gasteiger partial charge in [0.05, 0.1) is 6.04 Å². The monoisotopic (exact) mass is 298 g/mol. The first-order valence-corrected chi connectivity index (χ1v) is 7.16. The number of amides is 2. The third-order valence-electron chi connectivity index (χ3n) is 3.88. The van der Waals surface area contributed by atoms with Crippen LogP contribution in [0.25, 0.3) is 0 Å². The lowest BCUT2D eigenvalue weighted by Gasteiger charge is -2.23. The van der Waals surface area contributed by atoms with Gasteiger partial charge in [-0.25, -0.2) is 13.6 Å². The molecule has 1 saturated heterocycles. The van der Waals surface area contributed by atoms with Crippen LogP contribution in [-0.4, -0.2) is 35.7 Å². The predicted molar refractivity (Wildman–Crippen MR) is 74.7 cm³/mol. The van der Waals surface area contributed by atoms with Crippen LogP contribution in [0.3, 0.4) is 0 Å². The number of hydrogen-bond acceptors (Lipinski definition) is 2. The number of halogens is 2. The van der Waals surface area contributed by atoms with Gasteiger partial charge in [-0.1, -0.05) is 13.0 Å². The van der Waals surface area contributed by atoms with E-state index in [0.29, 0.717) is 19.5 Å². The van der Waals surface area contributed by atoms with E-state index in [2.05, 4.69) is 5.32 Å². The van der Waals surface area contributed by atoms with Crippen molar-refractivity contribution in [2.24, 2.45) is 5.92 Å². The van der Waals surface area contributed by atoms with E-state index in [-0.39, 0.29) is 24.1 Å². The third-order valence-corrected chi connectivity index (χ3v) is 3.88. The van der Waals surface area contributed by atoms with Gasteiger partial charge in [0.2, 0.25) is 0 Å². The lowest BCUT2D eigenvalue weighted by molar-refractivity contribution is 0.194. The van der Waals surface area contributed by atoms with E-state index in [0.717, 1.165) is 12.5 Å². The fourth-order valence-corrected chi connectivity index (χ4v) is 2.59. The summed E-state index contributed by atoms with van der Waals surface area (Å²) < 4.78 is 26.7. The van der Waals surface area contributed by atoms with Crippen LogP contribution in [-0.2, 0) is 0 Å². The molecular weight excluding hydrogens is 278 g/mol. The molecule has 2 amide bonds. The quantitative estimate of drug-likeness (QED) is 0.897. The first-order chi connectivity index (χ1) is 10.0. The molecule has 0 spiro atoms. The number of nitrogens with one attached hydrogen (secondary N) is 1. The standard InChI is InChI=1S/C15H20F2N2O2/c1-2-14(12-4-3-11(16)7-13(12)17)18-15(21)19-6-5-10(8-19)9-20/h3-4,7,10,14,20H,2,5-6,8-9H2,1H3,(H,18,21). The highest BCUT2D eigenvalue weighted by Crippen LogP contribution is 2.22. The lowest BCUT2D eigenvalue weighted by atomic mass is 10.0. The molecule has 1 heterocycles. The zero-order valence-electron chi connectivity index (χ0n) is 12.0. The Balaban J connectivity index is 2.03. The topological polar surface area (TPSA) is 52.6 Å². The first-order valence-electron chi connectivity index (χ1n) is 7.16. The number of likely N-dealkylation sites (tertiary alicyclic amines) is 1. The van der Waals surface area contributed by atoms with Crippen LogP contribution in [0.5, 0.6) is 0 Å². The molecule has 1 aliphatic heterocycles. The summed E-state index contributed by atoms with van der Waals surface area (Å²) in [5.41, 5.74) is 0.283. The van der Waals surface area contributed by atoms with E-state index in [1.165, 1.54) is 12.1 Å². The molecular formula is C15H20F2N2O2. The molecule has 2 atom stereocenters. The van der Waals surface area contributed by atoms with E-state index >= 15 is 0 Å². The minimum Gasteiger partial charge on any atom is -0.396 e. The van der Waals surface area contributed by atoms with Gasteiger partial charge in [-0.2, -0.15) is 0 Å². The van der Waals surface area contributed by atoms with Gasteiger partial charge in [-0.3, -0.25) is 0 Å². The molecule has 2 rings (SSSR count). The maximum absolute atomic E-state index is 13.8. The second-order valence-electron chi connectivity index (χ2n) is 5.36. The zero-order valence-corrected chi connectivity index (χ0v) is 12.0. The van der Waals surface area contributed by atoms with Gasteiger partial charge >= 0.3 is 6.03 Å². The average Bonchev–Trinajstić information content (AvgIpc) is 2.94. The Bertz CT molecular complexity index is 510. The van der Waals surface area contributed by atoms with Gasteiger partial charge in [-0.15, -0.1) is 0 Å². The predicted octanol–water partition coefficient (Wildman–Crippen LogP) is 2.44. The summed E-state index contributed by atoms with van der Waals surface area (Å²) >= 11 is 0. The highest BCUT2D eigenvalue weighted by atomic mass is 19.1. The van der Waals surface area contributed by atoms with Crippen molar-refractivity contribution < 1.29 is 18.7 Å². The summed E-state index contributed by atoms with van der Waals surface area (Å²) in [7, 11) is 0. The molecule has 0 aromatic heterocycles. The smallest absolute Gasteiger partial charge is 0.317 e. The van der Waals surface area contributed by atoms with E-state index in [4.69, 9.17) is 5.11 Å². The van der Waals surface area contributed by atoms with Crippen molar-refractivity contribution in [3.05, 3.63) is 35.4 Å². The molecule has 0 aliphatic carbocycles. The second-order valence-corrected chi connectivity index (χ2v) is 5.36. The van der Waals surface area contributed by atoms with Crippen molar-refractivity contribution >= 4 is 6.03 Å². The molecule has 4 nitrogen and oxygen atoms in total. The Morgan fingerprint density at radius 1 is 1.52 bits per heavy atom. The van der Waals surface area contributed by atoms with Gasteiger partial charge in [-0.05, 0) is 18.9 Å². The maximum atomic E-state index is 13.8. The third kappa shape index (κ3) is 3.69. The molecule has 1 fully saturated rings. The Kier molecular flexibility index (Phi) is 5.12. The zero-order chi connectivity index (χ0) is 15.4. The fourth-order valence-electron chi connectivity index (χ4n) is 2.59. The molecule has 0 radical (unpaired) electrons. The number of hydrogen-bond donors (Lipinski definition) is 2. The van der Waals surface area contributed by atoms with Crippen molar-refractivity contribution in [1.29, 1.82) is 0 Å². The van der Waals surface area contributed by atoms with Crippen LogP contribution in [0.15, 0.2) is 18.2 Å². The summed E-state index contributed by atoms with van der Waals surface area (Å²) in [6.07, 6.45) is 1.27. The fraction of sp³-hybridized carbons (Fsp3) is 0.533. The summed E-state index contributed by atoms with van der Waals surface area (Å²) in [6.45, 7) is 2.98. The summed E-state index contributed by atoms with van der Waals surface area (Å²) in [4.78, 5) is 13.8. The second kappa shape index (κ2) is 6.85. The van der Waals surface area contributed by atoms with Crippen molar-refractivity contribution in [2.45, 2.75) is 25.8 Å². The van der Waals surface area contributed by atoms with Gasteiger partial charge in [0, 0.05) is 37.2 Å². The van der Waals surface area contributed by atoms with E-state index in [1.54, 1.807) is 4.90 Å². The summed E-state index contributed by atoms with van der Waals surface area (Å²) in [5.74, 6) is -1.18. The highest BCUT2D eigenvalue weighted by Gasteiger charge is 2.27. The first kappa shape index (κ1) is 15.7. The van der Waals surface area contributed by atoms with E-state index < -0.39 is 17.7 Å². The molecule has 1 aromatic rings. The molecule has 1 aliphatic rings. The molecule has 21 heavy (non-hydrogen) atoms. The molecule has 0 bridgehead atoms. The normalized spacial score (nSPS) is 19.6. The summed E-state index contributed by atoms with van der Waals surface area (Å²) in [6, 6.07) is 2.60. The molecule has 6 heteroatoms. The Morgan fingerprint density at radius 3 is 2.86 bits per heavy atom. The van der Waals surface area contributed by atoms with E-state index in [1.807, 2.05) is 6.92 Å². The number of carbonyl (C=O) groups excluding carboxylic acids is 1. The van der Waals surface area contributed by atoms with Crippen molar-refractivity contribution in [2.75, 3.05) is 19.7 Å². The van der Waals surface area contributed by atoms with Gasteiger partial charge in [0.1, 0.15) is 11.6 Å². The highest BCUT2D eigenvalue weighted by molar-refractivity contribution is 5.75. The number of nitrogens with zero attached hydrogens (tertiary/aromatic N) is 1. The van der Waals surface area contributed by atoms with Crippen molar-refractivity contribution in [1.82, 2.24) is 10.2 Å². The number of benzene rings is 1. The molecule has 0 saturated carbocycles. The van der Waals surface area contributed by atoms with Gasteiger partial charge < -0.3 is 15.3 Å². The number of rotatable bonds is 4. The molecule has 2 N–H and O–H groups in total. The SMILES string of the molecule is CCC(NC(=O)N1CCC(CO)C1)c1ccc(F)cc1F. The van der Waals surface area contributed by atoms with Gasteiger partial charge in [0.25, 0.3) is 0 Å². The minimum absolute atomic E-state index is 0.0631. The van der Waals surface area contributed by atoms with E-state index in [9.17, 15) is 13.6 Å². The van der Waals surface area contributed by atoms with Crippen LogP contribution in [0.1, 0.15) is 31.4 Å². The van der Waals surface area contributed by atoms with Crippen LogP contribution in [0, 0.1) is 17.6 Å². The van der Waals surface area contributed by atoms with Gasteiger partial charge in [0.15, 0.2) is 0 Å². The Labute approximate surface area is 122 Å². The number of urea groups is 1. The van der Waals surface area contributed by atoms with Crippen LogP contribution >= 0.6 is 0 Å². The number of aliphatic hydroxyl groups is 1. The number of aliphatic hydroxyl groups excluding tert-OH is 1. The Hall–Kier alpha value is -1.69. The Morgan fingerprint density at radius 2 is 2.29 bits per heavy atom. The average molecular weight is 298 g/mol. The van der Waals surface area contributed by atoms with Crippen LogP contribution < -0.4 is 5.32 Å². The van der Waals surface area contributed by atoms with Crippen LogP contribution in [0.2, 0.25) is 0 Å². The molecule has 116 valence electrons. The number of carbonyl (C=O) groups is 1. The lowest BCUT2D eigenvalue weighted by Crippen LogP contribution is -2.40. The minimum atomic E-state index is -0.656. The maximum Gasteiger partial charge on any atom is 0.317 e.